The van der Waals surface area contributed by atoms with Crippen LogP contribution in [0.3, 0.4) is 0 Å². The second kappa shape index (κ2) is 6.84. The molecule has 1 aromatic heterocycles. The summed E-state index contributed by atoms with van der Waals surface area (Å²) in [5.74, 6) is 2.06. The van der Waals surface area contributed by atoms with E-state index in [9.17, 15) is 0 Å². The zero-order chi connectivity index (χ0) is 14.4. The molecule has 0 aliphatic rings. The van der Waals surface area contributed by atoms with Crippen molar-refractivity contribution in [3.8, 4) is 11.4 Å². The maximum Gasteiger partial charge on any atom is 0.230 e. The summed E-state index contributed by atoms with van der Waals surface area (Å²) in [5.41, 5.74) is 1.00. The van der Waals surface area contributed by atoms with Crippen molar-refractivity contribution in [3.05, 3.63) is 30.3 Å². The van der Waals surface area contributed by atoms with E-state index >= 15 is 0 Å². The molecule has 106 valence electrons. The Labute approximate surface area is 120 Å². The van der Waals surface area contributed by atoms with Gasteiger partial charge in [-0.15, -0.1) is 0 Å². The largest absolute Gasteiger partial charge is 0.354 e. The molecule has 20 heavy (non-hydrogen) atoms. The highest BCUT2D eigenvalue weighted by Gasteiger charge is 2.11. The van der Waals surface area contributed by atoms with Gasteiger partial charge < -0.3 is 10.2 Å². The van der Waals surface area contributed by atoms with Crippen molar-refractivity contribution in [1.82, 2.24) is 15.0 Å². The normalized spacial score (nSPS) is 10.3. The Balaban J connectivity index is 2.46. The fourth-order valence-corrected chi connectivity index (χ4v) is 1.97. The summed E-state index contributed by atoms with van der Waals surface area (Å²) in [6.07, 6.45) is 0. The molecule has 0 aliphatic heterocycles. The van der Waals surface area contributed by atoms with Crippen molar-refractivity contribution >= 4 is 11.9 Å². The molecule has 1 heterocycles. The van der Waals surface area contributed by atoms with Crippen LogP contribution in [0, 0.1) is 0 Å². The molecule has 2 aromatic rings. The van der Waals surface area contributed by atoms with Gasteiger partial charge in [-0.25, -0.2) is 0 Å². The van der Waals surface area contributed by atoms with Crippen LogP contribution in [0.1, 0.15) is 20.8 Å². The van der Waals surface area contributed by atoms with Crippen molar-refractivity contribution < 1.29 is 0 Å². The fraction of sp³-hybridized carbons (Fsp3) is 0.400. The van der Waals surface area contributed by atoms with E-state index in [0.29, 0.717) is 11.8 Å². The highest BCUT2D eigenvalue weighted by molar-refractivity contribution is 5.58. The van der Waals surface area contributed by atoms with Crippen LogP contribution in [0.5, 0.6) is 0 Å². The van der Waals surface area contributed by atoms with Gasteiger partial charge in [0.1, 0.15) is 0 Å². The zero-order valence-electron chi connectivity index (χ0n) is 12.3. The molecule has 0 spiro atoms. The van der Waals surface area contributed by atoms with E-state index < -0.39 is 0 Å². The lowest BCUT2D eigenvalue weighted by Gasteiger charge is -2.19. The van der Waals surface area contributed by atoms with Gasteiger partial charge in [0.15, 0.2) is 5.82 Å². The lowest BCUT2D eigenvalue weighted by molar-refractivity contribution is 0.814. The van der Waals surface area contributed by atoms with E-state index in [1.165, 1.54) is 0 Å². The summed E-state index contributed by atoms with van der Waals surface area (Å²) < 4.78 is 0. The van der Waals surface area contributed by atoms with Gasteiger partial charge in [-0.3, -0.25) is 0 Å². The molecule has 0 fully saturated rings. The van der Waals surface area contributed by atoms with Crippen molar-refractivity contribution in [2.75, 3.05) is 29.9 Å². The van der Waals surface area contributed by atoms with E-state index in [0.717, 1.165) is 31.1 Å². The minimum absolute atomic E-state index is 0.628. The number of nitrogens with zero attached hydrogens (tertiary/aromatic N) is 4. The van der Waals surface area contributed by atoms with E-state index in [2.05, 4.69) is 39.0 Å². The molecule has 1 N–H and O–H groups in total. The molecule has 0 aliphatic carbocycles. The SMILES string of the molecule is CCNc1nc(-c2ccccc2)nc(N(CC)CC)n1. The topological polar surface area (TPSA) is 53.9 Å². The van der Waals surface area contributed by atoms with Crippen LogP contribution in [0.15, 0.2) is 30.3 Å². The maximum atomic E-state index is 4.59. The van der Waals surface area contributed by atoms with Gasteiger partial charge in [0.25, 0.3) is 0 Å². The fourth-order valence-electron chi connectivity index (χ4n) is 1.97. The molecular weight excluding hydrogens is 250 g/mol. The lowest BCUT2D eigenvalue weighted by atomic mass is 10.2. The molecule has 0 radical (unpaired) electrons. The molecule has 0 unspecified atom stereocenters. The summed E-state index contributed by atoms with van der Waals surface area (Å²) in [6.45, 7) is 8.77. The summed E-state index contributed by atoms with van der Waals surface area (Å²) in [6, 6.07) is 9.99. The highest BCUT2D eigenvalue weighted by atomic mass is 15.3. The molecule has 0 bridgehead atoms. The first-order chi connectivity index (χ1) is 9.78. The molecule has 0 amide bonds. The Morgan fingerprint density at radius 2 is 1.65 bits per heavy atom. The summed E-state index contributed by atoms with van der Waals surface area (Å²) in [4.78, 5) is 15.7. The van der Waals surface area contributed by atoms with Crippen molar-refractivity contribution in [2.45, 2.75) is 20.8 Å². The molecule has 5 nitrogen and oxygen atoms in total. The minimum Gasteiger partial charge on any atom is -0.354 e. The lowest BCUT2D eigenvalue weighted by Crippen LogP contribution is -2.25. The zero-order valence-corrected chi connectivity index (χ0v) is 12.3. The molecule has 2 rings (SSSR count). The third-order valence-electron chi connectivity index (χ3n) is 3.04. The molecule has 5 heteroatoms. The number of aromatic nitrogens is 3. The molecule has 0 saturated carbocycles. The number of anilines is 2. The predicted octanol–water partition coefficient (Wildman–Crippen LogP) is 2.82. The molecule has 0 saturated heterocycles. The van der Waals surface area contributed by atoms with Crippen molar-refractivity contribution in [3.63, 3.8) is 0 Å². The molecular formula is C15H21N5. The maximum absolute atomic E-state index is 4.59. The van der Waals surface area contributed by atoms with Gasteiger partial charge in [-0.05, 0) is 20.8 Å². The Morgan fingerprint density at radius 3 is 2.25 bits per heavy atom. The first kappa shape index (κ1) is 14.2. The molecule has 0 atom stereocenters. The Kier molecular flexibility index (Phi) is 4.87. The van der Waals surface area contributed by atoms with Gasteiger partial charge in [0.05, 0.1) is 0 Å². The third-order valence-corrected chi connectivity index (χ3v) is 3.04. The first-order valence-electron chi connectivity index (χ1n) is 7.08. The minimum atomic E-state index is 0.628. The number of hydrogen-bond donors (Lipinski definition) is 1. The monoisotopic (exact) mass is 271 g/mol. The van der Waals surface area contributed by atoms with E-state index in [1.54, 1.807) is 0 Å². The quantitative estimate of drug-likeness (QED) is 0.875. The van der Waals surface area contributed by atoms with Crippen LogP contribution in [0.25, 0.3) is 11.4 Å². The average molecular weight is 271 g/mol. The van der Waals surface area contributed by atoms with Crippen LogP contribution in [-0.2, 0) is 0 Å². The van der Waals surface area contributed by atoms with Crippen LogP contribution < -0.4 is 10.2 Å². The Bertz CT molecular complexity index is 537. The summed E-state index contributed by atoms with van der Waals surface area (Å²) >= 11 is 0. The third kappa shape index (κ3) is 3.23. The number of rotatable bonds is 6. The van der Waals surface area contributed by atoms with Gasteiger partial charge in [0.2, 0.25) is 11.9 Å². The number of nitrogens with one attached hydrogen (secondary N) is 1. The van der Waals surface area contributed by atoms with Crippen molar-refractivity contribution in [2.24, 2.45) is 0 Å². The van der Waals surface area contributed by atoms with Crippen LogP contribution in [0.2, 0.25) is 0 Å². The van der Waals surface area contributed by atoms with Crippen LogP contribution >= 0.6 is 0 Å². The van der Waals surface area contributed by atoms with Gasteiger partial charge in [0, 0.05) is 25.2 Å². The molecule has 1 aromatic carbocycles. The predicted molar refractivity (Wildman–Crippen MR) is 83.0 cm³/mol. The van der Waals surface area contributed by atoms with Gasteiger partial charge in [-0.2, -0.15) is 15.0 Å². The Hall–Kier alpha value is -2.17. The average Bonchev–Trinajstić information content (AvgIpc) is 2.50. The van der Waals surface area contributed by atoms with E-state index in [4.69, 9.17) is 0 Å². The van der Waals surface area contributed by atoms with Gasteiger partial charge >= 0.3 is 0 Å². The van der Waals surface area contributed by atoms with Crippen molar-refractivity contribution in [1.29, 1.82) is 0 Å². The second-order valence-electron chi connectivity index (χ2n) is 4.35. The standard InChI is InChI=1S/C15H21N5/c1-4-16-14-17-13(12-10-8-7-9-11-12)18-15(19-14)20(5-2)6-3/h7-11H,4-6H2,1-3H3,(H,16,17,18,19). The van der Waals surface area contributed by atoms with Crippen LogP contribution in [-0.4, -0.2) is 34.6 Å². The summed E-state index contributed by atoms with van der Waals surface area (Å²) in [7, 11) is 0. The number of benzene rings is 1. The van der Waals surface area contributed by atoms with Crippen LogP contribution in [0.4, 0.5) is 11.9 Å². The first-order valence-corrected chi connectivity index (χ1v) is 7.08. The second-order valence-corrected chi connectivity index (χ2v) is 4.35. The van der Waals surface area contributed by atoms with E-state index in [-0.39, 0.29) is 0 Å². The Morgan fingerprint density at radius 1 is 0.950 bits per heavy atom. The smallest absolute Gasteiger partial charge is 0.230 e. The number of hydrogen-bond acceptors (Lipinski definition) is 5. The van der Waals surface area contributed by atoms with Gasteiger partial charge in [-0.1, -0.05) is 30.3 Å². The highest BCUT2D eigenvalue weighted by Crippen LogP contribution is 2.19. The van der Waals surface area contributed by atoms with E-state index in [1.807, 2.05) is 37.3 Å². The summed E-state index contributed by atoms with van der Waals surface area (Å²) in [5, 5.41) is 3.17.